The van der Waals surface area contributed by atoms with E-state index >= 15 is 0 Å². The Morgan fingerprint density at radius 1 is 1.35 bits per heavy atom. The van der Waals surface area contributed by atoms with E-state index in [2.05, 4.69) is 18.3 Å². The highest BCUT2D eigenvalue weighted by molar-refractivity contribution is 5.32. The van der Waals surface area contributed by atoms with Crippen LogP contribution >= 0.6 is 0 Å². The third-order valence-electron chi connectivity index (χ3n) is 2.45. The first-order chi connectivity index (χ1) is 8.36. The summed E-state index contributed by atoms with van der Waals surface area (Å²) in [5, 5.41) is 12.1. The van der Waals surface area contributed by atoms with Crippen molar-refractivity contribution in [3.05, 3.63) is 35.4 Å². The number of unbranched alkanes of at least 4 members (excludes halogenated alkanes) is 1. The molecule has 17 heavy (non-hydrogen) atoms. The Bertz CT molecular complexity index is 357. The van der Waals surface area contributed by atoms with E-state index in [0.717, 1.165) is 38.3 Å². The van der Waals surface area contributed by atoms with Crippen LogP contribution in [0, 0.1) is 11.3 Å². The molecular weight excluding hydrogens is 212 g/mol. The number of rotatable bonds is 8. The van der Waals surface area contributed by atoms with Crippen LogP contribution in [0.1, 0.15) is 30.9 Å². The third kappa shape index (κ3) is 6.06. The number of nitriles is 1. The van der Waals surface area contributed by atoms with E-state index in [-0.39, 0.29) is 0 Å². The Hall–Kier alpha value is -1.37. The van der Waals surface area contributed by atoms with Gasteiger partial charge in [0.15, 0.2) is 0 Å². The van der Waals surface area contributed by atoms with Crippen molar-refractivity contribution in [1.82, 2.24) is 5.32 Å². The van der Waals surface area contributed by atoms with Crippen LogP contribution in [-0.4, -0.2) is 19.8 Å². The normalized spacial score (nSPS) is 10.1. The van der Waals surface area contributed by atoms with Crippen LogP contribution in [-0.2, 0) is 11.3 Å². The Morgan fingerprint density at radius 3 is 3.00 bits per heavy atom. The van der Waals surface area contributed by atoms with Gasteiger partial charge in [0.1, 0.15) is 0 Å². The molecule has 0 bridgehead atoms. The minimum atomic E-state index is 0.712. The average molecular weight is 232 g/mol. The number of nitrogens with zero attached hydrogens (tertiary/aromatic N) is 1. The molecule has 0 saturated heterocycles. The smallest absolute Gasteiger partial charge is 0.0991 e. The molecule has 0 amide bonds. The summed E-state index contributed by atoms with van der Waals surface area (Å²) in [5.74, 6) is 0. The first-order valence-corrected chi connectivity index (χ1v) is 6.14. The highest BCUT2D eigenvalue weighted by Gasteiger charge is 1.95. The van der Waals surface area contributed by atoms with Gasteiger partial charge in [-0.3, -0.25) is 0 Å². The van der Waals surface area contributed by atoms with Crippen molar-refractivity contribution in [3.63, 3.8) is 0 Å². The predicted octanol–water partition coefficient (Wildman–Crippen LogP) is 2.46. The monoisotopic (exact) mass is 232 g/mol. The van der Waals surface area contributed by atoms with Crippen LogP contribution in [0.15, 0.2) is 24.3 Å². The van der Waals surface area contributed by atoms with Crippen molar-refractivity contribution in [3.8, 4) is 6.07 Å². The Labute approximate surface area is 103 Å². The van der Waals surface area contributed by atoms with Gasteiger partial charge in [0.25, 0.3) is 0 Å². The molecule has 0 heterocycles. The van der Waals surface area contributed by atoms with Crippen LogP contribution in [0.5, 0.6) is 0 Å². The molecule has 0 aliphatic rings. The number of ether oxygens (including phenoxy) is 1. The lowest BCUT2D eigenvalue weighted by Gasteiger charge is -2.06. The topological polar surface area (TPSA) is 45.0 Å². The lowest BCUT2D eigenvalue weighted by molar-refractivity contribution is 0.133. The highest BCUT2D eigenvalue weighted by Crippen LogP contribution is 2.03. The van der Waals surface area contributed by atoms with Gasteiger partial charge in [0.2, 0.25) is 0 Å². The quantitative estimate of drug-likeness (QED) is 0.700. The summed E-state index contributed by atoms with van der Waals surface area (Å²) in [6.07, 6.45) is 2.30. The van der Waals surface area contributed by atoms with Crippen LogP contribution < -0.4 is 5.32 Å². The molecule has 0 aliphatic heterocycles. The van der Waals surface area contributed by atoms with E-state index in [1.54, 1.807) is 0 Å². The third-order valence-corrected chi connectivity index (χ3v) is 2.45. The zero-order valence-electron chi connectivity index (χ0n) is 10.4. The fourth-order valence-electron chi connectivity index (χ4n) is 1.48. The highest BCUT2D eigenvalue weighted by atomic mass is 16.5. The molecule has 92 valence electrons. The Morgan fingerprint density at radius 2 is 2.24 bits per heavy atom. The summed E-state index contributed by atoms with van der Waals surface area (Å²) in [5.41, 5.74) is 1.85. The molecule has 0 fully saturated rings. The zero-order chi connectivity index (χ0) is 12.3. The summed E-state index contributed by atoms with van der Waals surface area (Å²) in [7, 11) is 0. The van der Waals surface area contributed by atoms with Crippen LogP contribution in [0.25, 0.3) is 0 Å². The lowest BCUT2D eigenvalue weighted by Crippen LogP contribution is -2.19. The van der Waals surface area contributed by atoms with Crippen LogP contribution in [0.4, 0.5) is 0 Å². The number of benzene rings is 1. The minimum Gasteiger partial charge on any atom is -0.380 e. The first kappa shape index (κ1) is 13.7. The summed E-state index contributed by atoms with van der Waals surface area (Å²) < 4.78 is 5.44. The van der Waals surface area contributed by atoms with Gasteiger partial charge in [-0.1, -0.05) is 25.5 Å². The molecule has 0 saturated carbocycles. The fourth-order valence-corrected chi connectivity index (χ4v) is 1.48. The van der Waals surface area contributed by atoms with Gasteiger partial charge in [0.05, 0.1) is 18.2 Å². The summed E-state index contributed by atoms with van der Waals surface area (Å²) >= 11 is 0. The van der Waals surface area contributed by atoms with E-state index in [4.69, 9.17) is 10.00 Å². The summed E-state index contributed by atoms with van der Waals surface area (Å²) in [6.45, 7) is 5.39. The molecule has 0 atom stereocenters. The second-order valence-corrected chi connectivity index (χ2v) is 3.95. The second-order valence-electron chi connectivity index (χ2n) is 3.95. The maximum atomic E-state index is 8.76. The van der Waals surface area contributed by atoms with E-state index in [9.17, 15) is 0 Å². The molecule has 1 aromatic rings. The van der Waals surface area contributed by atoms with Crippen molar-refractivity contribution < 1.29 is 4.74 Å². The summed E-state index contributed by atoms with van der Waals surface area (Å²) in [4.78, 5) is 0. The largest absolute Gasteiger partial charge is 0.380 e. The molecule has 0 unspecified atom stereocenters. The van der Waals surface area contributed by atoms with Crippen molar-refractivity contribution in [2.45, 2.75) is 26.3 Å². The van der Waals surface area contributed by atoms with Crippen molar-refractivity contribution in [2.75, 3.05) is 19.8 Å². The molecule has 3 nitrogen and oxygen atoms in total. The van der Waals surface area contributed by atoms with Crippen molar-refractivity contribution in [2.24, 2.45) is 0 Å². The summed E-state index contributed by atoms with van der Waals surface area (Å²) in [6, 6.07) is 9.79. The van der Waals surface area contributed by atoms with Crippen molar-refractivity contribution in [1.29, 1.82) is 5.26 Å². The SMILES string of the molecule is CCCCOCCNCc1cccc(C#N)c1. The maximum absolute atomic E-state index is 8.76. The van der Waals surface area contributed by atoms with Gasteiger partial charge in [-0.05, 0) is 24.1 Å². The molecular formula is C14H20N2O. The van der Waals surface area contributed by atoms with Crippen molar-refractivity contribution >= 4 is 0 Å². The standard InChI is InChI=1S/C14H20N2O/c1-2-3-8-17-9-7-16-12-14-6-4-5-13(10-14)11-15/h4-6,10,16H,2-3,7-9,12H2,1H3. The van der Waals surface area contributed by atoms with Gasteiger partial charge in [-0.2, -0.15) is 5.26 Å². The lowest BCUT2D eigenvalue weighted by atomic mass is 10.1. The number of hydrogen-bond donors (Lipinski definition) is 1. The predicted molar refractivity (Wildman–Crippen MR) is 68.6 cm³/mol. The Balaban J connectivity index is 2.12. The molecule has 0 aromatic heterocycles. The van der Waals surface area contributed by atoms with Gasteiger partial charge in [0, 0.05) is 19.7 Å². The van der Waals surface area contributed by atoms with E-state index in [1.807, 2.05) is 24.3 Å². The molecule has 0 aliphatic carbocycles. The van der Waals surface area contributed by atoms with Crippen LogP contribution in [0.2, 0.25) is 0 Å². The van der Waals surface area contributed by atoms with Crippen LogP contribution in [0.3, 0.4) is 0 Å². The molecule has 1 rings (SSSR count). The van der Waals surface area contributed by atoms with E-state index in [0.29, 0.717) is 5.56 Å². The molecule has 1 N–H and O–H groups in total. The first-order valence-electron chi connectivity index (χ1n) is 6.14. The average Bonchev–Trinajstić information content (AvgIpc) is 2.38. The second kappa shape index (κ2) is 8.74. The van der Waals surface area contributed by atoms with Gasteiger partial charge in [-0.15, -0.1) is 0 Å². The zero-order valence-corrected chi connectivity index (χ0v) is 10.4. The van der Waals surface area contributed by atoms with E-state index in [1.165, 1.54) is 6.42 Å². The molecule has 0 radical (unpaired) electrons. The van der Waals surface area contributed by atoms with Gasteiger partial charge < -0.3 is 10.1 Å². The molecule has 1 aromatic carbocycles. The number of hydrogen-bond acceptors (Lipinski definition) is 3. The Kier molecular flexibility index (Phi) is 7.04. The molecule has 3 heteroatoms. The molecule has 0 spiro atoms. The van der Waals surface area contributed by atoms with Gasteiger partial charge >= 0.3 is 0 Å². The minimum absolute atomic E-state index is 0.712. The number of nitrogens with one attached hydrogen (secondary N) is 1. The van der Waals surface area contributed by atoms with Gasteiger partial charge in [-0.25, -0.2) is 0 Å². The van der Waals surface area contributed by atoms with E-state index < -0.39 is 0 Å². The maximum Gasteiger partial charge on any atom is 0.0991 e. The fraction of sp³-hybridized carbons (Fsp3) is 0.500.